The van der Waals surface area contributed by atoms with Crippen LogP contribution in [0.4, 0.5) is 10.1 Å². The van der Waals surface area contributed by atoms with E-state index in [0.29, 0.717) is 36.8 Å². The van der Waals surface area contributed by atoms with Crippen LogP contribution in [0.3, 0.4) is 0 Å². The SMILES string of the molecule is Cc1nccc(C(=O)N2CCN(c3ccccc3F)C[C@H]2C)n1. The van der Waals surface area contributed by atoms with Crippen LogP contribution in [-0.2, 0) is 0 Å². The van der Waals surface area contributed by atoms with Crippen LogP contribution in [0.25, 0.3) is 0 Å². The molecule has 1 aliphatic heterocycles. The highest BCUT2D eigenvalue weighted by molar-refractivity contribution is 5.92. The number of hydrogen-bond acceptors (Lipinski definition) is 4. The lowest BCUT2D eigenvalue weighted by Crippen LogP contribution is -2.54. The van der Waals surface area contributed by atoms with Crippen LogP contribution in [0.15, 0.2) is 36.5 Å². The zero-order valence-electron chi connectivity index (χ0n) is 13.2. The molecule has 1 aromatic carbocycles. The lowest BCUT2D eigenvalue weighted by molar-refractivity contribution is 0.0667. The molecule has 1 amide bonds. The molecule has 1 saturated heterocycles. The molecule has 0 aliphatic carbocycles. The summed E-state index contributed by atoms with van der Waals surface area (Å²) < 4.78 is 13.9. The third kappa shape index (κ3) is 3.16. The number of carbonyl (C=O) groups is 1. The number of aromatic nitrogens is 2. The van der Waals surface area contributed by atoms with Crippen molar-refractivity contribution in [2.24, 2.45) is 0 Å². The van der Waals surface area contributed by atoms with Gasteiger partial charge in [0.05, 0.1) is 5.69 Å². The van der Waals surface area contributed by atoms with Gasteiger partial charge in [0, 0.05) is 31.9 Å². The molecule has 3 rings (SSSR count). The van der Waals surface area contributed by atoms with Gasteiger partial charge in [0.1, 0.15) is 17.3 Å². The van der Waals surface area contributed by atoms with Gasteiger partial charge in [0.25, 0.3) is 5.91 Å². The maximum Gasteiger partial charge on any atom is 0.272 e. The minimum atomic E-state index is -0.231. The second-order valence-electron chi connectivity index (χ2n) is 5.73. The van der Waals surface area contributed by atoms with Gasteiger partial charge in [-0.25, -0.2) is 14.4 Å². The van der Waals surface area contributed by atoms with E-state index in [9.17, 15) is 9.18 Å². The topological polar surface area (TPSA) is 49.3 Å². The summed E-state index contributed by atoms with van der Waals surface area (Å²) in [5, 5.41) is 0. The van der Waals surface area contributed by atoms with Crippen LogP contribution in [0, 0.1) is 12.7 Å². The Morgan fingerprint density at radius 3 is 2.74 bits per heavy atom. The number of aryl methyl sites for hydroxylation is 1. The minimum Gasteiger partial charge on any atom is -0.365 e. The second-order valence-corrected chi connectivity index (χ2v) is 5.73. The number of hydrogen-bond donors (Lipinski definition) is 0. The predicted octanol–water partition coefficient (Wildman–Crippen LogP) is 2.28. The number of para-hydroxylation sites is 1. The standard InChI is InChI=1S/C17H19FN4O/c1-12-11-21(16-6-4-3-5-14(16)18)9-10-22(12)17(23)15-7-8-19-13(2)20-15/h3-8,12H,9-11H2,1-2H3/t12-/m1/s1. The molecule has 0 unspecified atom stereocenters. The van der Waals surface area contributed by atoms with Crippen LogP contribution < -0.4 is 4.90 Å². The molecule has 0 spiro atoms. The van der Waals surface area contributed by atoms with Gasteiger partial charge in [-0.2, -0.15) is 0 Å². The molecule has 1 aromatic heterocycles. The highest BCUT2D eigenvalue weighted by Crippen LogP contribution is 2.23. The van der Waals surface area contributed by atoms with E-state index in [-0.39, 0.29) is 17.8 Å². The maximum atomic E-state index is 13.9. The molecule has 0 N–H and O–H groups in total. The fourth-order valence-electron chi connectivity index (χ4n) is 2.91. The van der Waals surface area contributed by atoms with Crippen molar-refractivity contribution < 1.29 is 9.18 Å². The Hall–Kier alpha value is -2.50. The van der Waals surface area contributed by atoms with Crippen molar-refractivity contribution in [3.8, 4) is 0 Å². The first-order valence-corrected chi connectivity index (χ1v) is 7.66. The van der Waals surface area contributed by atoms with Gasteiger partial charge in [-0.05, 0) is 32.0 Å². The molecule has 0 radical (unpaired) electrons. The number of piperazine rings is 1. The van der Waals surface area contributed by atoms with E-state index in [2.05, 4.69) is 9.97 Å². The van der Waals surface area contributed by atoms with Crippen molar-refractivity contribution in [1.82, 2.24) is 14.9 Å². The lowest BCUT2D eigenvalue weighted by Gasteiger charge is -2.40. The van der Waals surface area contributed by atoms with Crippen LogP contribution in [0.5, 0.6) is 0 Å². The third-order valence-corrected chi connectivity index (χ3v) is 4.08. The zero-order chi connectivity index (χ0) is 16.4. The number of nitrogens with zero attached hydrogens (tertiary/aromatic N) is 4. The smallest absolute Gasteiger partial charge is 0.272 e. The van der Waals surface area contributed by atoms with Crippen molar-refractivity contribution in [2.75, 3.05) is 24.5 Å². The van der Waals surface area contributed by atoms with Gasteiger partial charge in [0.2, 0.25) is 0 Å². The molecule has 120 valence electrons. The Balaban J connectivity index is 1.74. The quantitative estimate of drug-likeness (QED) is 0.853. The molecule has 2 aromatic rings. The van der Waals surface area contributed by atoms with Crippen molar-refractivity contribution in [3.63, 3.8) is 0 Å². The number of benzene rings is 1. The molecule has 5 nitrogen and oxygen atoms in total. The summed E-state index contributed by atoms with van der Waals surface area (Å²) in [7, 11) is 0. The minimum absolute atomic E-state index is 0.0221. The molecule has 0 saturated carbocycles. The zero-order valence-corrected chi connectivity index (χ0v) is 13.2. The van der Waals surface area contributed by atoms with Crippen LogP contribution in [0.1, 0.15) is 23.2 Å². The van der Waals surface area contributed by atoms with E-state index in [1.165, 1.54) is 6.07 Å². The first kappa shape index (κ1) is 15.4. The van der Waals surface area contributed by atoms with E-state index in [0.717, 1.165) is 0 Å². The summed E-state index contributed by atoms with van der Waals surface area (Å²) in [6.07, 6.45) is 1.59. The average molecular weight is 314 g/mol. The number of halogens is 1. The summed E-state index contributed by atoms with van der Waals surface area (Å²) in [5.74, 6) is 0.246. The number of amides is 1. The van der Waals surface area contributed by atoms with Crippen molar-refractivity contribution in [1.29, 1.82) is 0 Å². The fourth-order valence-corrected chi connectivity index (χ4v) is 2.91. The van der Waals surface area contributed by atoms with Gasteiger partial charge in [-0.1, -0.05) is 12.1 Å². The summed E-state index contributed by atoms with van der Waals surface area (Å²) in [6, 6.07) is 8.34. The van der Waals surface area contributed by atoms with E-state index in [1.54, 1.807) is 36.2 Å². The van der Waals surface area contributed by atoms with Crippen LogP contribution in [0.2, 0.25) is 0 Å². The Kier molecular flexibility index (Phi) is 4.23. The number of carbonyl (C=O) groups excluding carboxylic acids is 1. The first-order chi connectivity index (χ1) is 11.1. The normalized spacial score (nSPS) is 18.1. The fraction of sp³-hybridized carbons (Fsp3) is 0.353. The van der Waals surface area contributed by atoms with E-state index in [1.807, 2.05) is 17.9 Å². The maximum absolute atomic E-state index is 13.9. The number of rotatable bonds is 2. The Morgan fingerprint density at radius 1 is 1.26 bits per heavy atom. The third-order valence-electron chi connectivity index (χ3n) is 4.08. The van der Waals surface area contributed by atoms with Crippen molar-refractivity contribution >= 4 is 11.6 Å². The Labute approximate surface area is 134 Å². The highest BCUT2D eigenvalue weighted by atomic mass is 19.1. The molecule has 23 heavy (non-hydrogen) atoms. The van der Waals surface area contributed by atoms with Gasteiger partial charge < -0.3 is 9.80 Å². The van der Waals surface area contributed by atoms with E-state index >= 15 is 0 Å². The predicted molar refractivity (Wildman–Crippen MR) is 85.9 cm³/mol. The summed E-state index contributed by atoms with van der Waals surface area (Å²) >= 11 is 0. The molecule has 6 heteroatoms. The van der Waals surface area contributed by atoms with Gasteiger partial charge in [-0.3, -0.25) is 4.79 Å². The lowest BCUT2D eigenvalue weighted by atomic mass is 10.1. The van der Waals surface area contributed by atoms with Crippen LogP contribution in [-0.4, -0.2) is 46.5 Å². The molecular formula is C17H19FN4O. The monoisotopic (exact) mass is 314 g/mol. The average Bonchev–Trinajstić information content (AvgIpc) is 2.54. The molecule has 1 aliphatic rings. The molecule has 1 fully saturated rings. The second kappa shape index (κ2) is 6.32. The molecule has 2 heterocycles. The van der Waals surface area contributed by atoms with Gasteiger partial charge in [0.15, 0.2) is 0 Å². The summed E-state index contributed by atoms with van der Waals surface area (Å²) in [5.41, 5.74) is 0.994. The Morgan fingerprint density at radius 2 is 2.04 bits per heavy atom. The summed E-state index contributed by atoms with van der Waals surface area (Å²) in [6.45, 7) is 5.46. The number of anilines is 1. The molecular weight excluding hydrogens is 295 g/mol. The highest BCUT2D eigenvalue weighted by Gasteiger charge is 2.29. The Bertz CT molecular complexity index is 721. The van der Waals surface area contributed by atoms with Crippen molar-refractivity contribution in [3.05, 3.63) is 53.9 Å². The molecule has 1 atom stereocenters. The van der Waals surface area contributed by atoms with Gasteiger partial charge >= 0.3 is 0 Å². The van der Waals surface area contributed by atoms with E-state index in [4.69, 9.17) is 0 Å². The van der Waals surface area contributed by atoms with Crippen molar-refractivity contribution in [2.45, 2.75) is 19.9 Å². The molecule has 0 bridgehead atoms. The van der Waals surface area contributed by atoms with Gasteiger partial charge in [-0.15, -0.1) is 0 Å². The van der Waals surface area contributed by atoms with Crippen LogP contribution >= 0.6 is 0 Å². The van der Waals surface area contributed by atoms with E-state index < -0.39 is 0 Å². The first-order valence-electron chi connectivity index (χ1n) is 7.66. The summed E-state index contributed by atoms with van der Waals surface area (Å²) in [4.78, 5) is 24.6. The largest absolute Gasteiger partial charge is 0.365 e.